The average Bonchev–Trinajstić information content (AvgIpc) is 2.28. The number of benzene rings is 2. The van der Waals surface area contributed by atoms with Crippen LogP contribution in [0.15, 0.2) is 36.4 Å². The largest absolute Gasteiger partial charge is 0.508 e. The maximum Gasteiger partial charge on any atom is 0.165 e. The summed E-state index contributed by atoms with van der Waals surface area (Å²) in [6, 6.07) is 9.86. The molecule has 2 aromatic rings. The number of methoxy groups -OCH3 is 1. The normalized spacial score (nSPS) is 10.3. The number of phenols is 1. The minimum absolute atomic E-state index is 0.197. The van der Waals surface area contributed by atoms with Gasteiger partial charge in [-0.15, -0.1) is 0 Å². The molecule has 2 nitrogen and oxygen atoms in total. The van der Waals surface area contributed by atoms with Crippen molar-refractivity contribution >= 4 is 0 Å². The topological polar surface area (TPSA) is 29.5 Å². The molecule has 0 aliphatic rings. The molecule has 2 rings (SSSR count). The highest BCUT2D eigenvalue weighted by Gasteiger charge is 2.06. The van der Waals surface area contributed by atoms with Gasteiger partial charge >= 0.3 is 0 Å². The lowest BCUT2D eigenvalue weighted by Gasteiger charge is -2.07. The first-order chi connectivity index (χ1) is 8.10. The fourth-order valence-corrected chi connectivity index (χ4v) is 1.77. The molecule has 0 saturated carbocycles. The van der Waals surface area contributed by atoms with Crippen molar-refractivity contribution in [2.45, 2.75) is 6.92 Å². The van der Waals surface area contributed by atoms with Crippen LogP contribution >= 0.6 is 0 Å². The fourth-order valence-electron chi connectivity index (χ4n) is 1.77. The van der Waals surface area contributed by atoms with Gasteiger partial charge < -0.3 is 9.84 Å². The number of hydrogen-bond acceptors (Lipinski definition) is 2. The molecule has 0 atom stereocenters. The number of aryl methyl sites for hydroxylation is 1. The minimum Gasteiger partial charge on any atom is -0.508 e. The molecule has 0 amide bonds. The monoisotopic (exact) mass is 232 g/mol. The molecule has 0 aliphatic heterocycles. The van der Waals surface area contributed by atoms with E-state index in [1.54, 1.807) is 24.3 Å². The first-order valence-electron chi connectivity index (χ1n) is 5.25. The molecule has 0 radical (unpaired) electrons. The summed E-state index contributed by atoms with van der Waals surface area (Å²) in [6.07, 6.45) is 0. The summed E-state index contributed by atoms with van der Waals surface area (Å²) >= 11 is 0. The van der Waals surface area contributed by atoms with Gasteiger partial charge in [-0.25, -0.2) is 4.39 Å². The van der Waals surface area contributed by atoms with Crippen LogP contribution in [-0.4, -0.2) is 12.2 Å². The molecule has 0 spiro atoms. The Hall–Kier alpha value is -2.03. The maximum atomic E-state index is 13.3. The Morgan fingerprint density at radius 3 is 2.47 bits per heavy atom. The molecule has 0 aliphatic carbocycles. The molecule has 0 fully saturated rings. The van der Waals surface area contributed by atoms with Crippen LogP contribution < -0.4 is 4.74 Å². The van der Waals surface area contributed by atoms with Gasteiger partial charge in [0, 0.05) is 0 Å². The molecule has 1 N–H and O–H groups in total. The average molecular weight is 232 g/mol. The Morgan fingerprint density at radius 2 is 1.82 bits per heavy atom. The smallest absolute Gasteiger partial charge is 0.165 e. The fraction of sp³-hybridized carbons (Fsp3) is 0.143. The van der Waals surface area contributed by atoms with Crippen molar-refractivity contribution in [2.75, 3.05) is 7.11 Å². The number of ether oxygens (including phenoxy) is 1. The van der Waals surface area contributed by atoms with Gasteiger partial charge in [-0.3, -0.25) is 0 Å². The molecule has 0 saturated heterocycles. The Bertz CT molecular complexity index is 530. The first-order valence-corrected chi connectivity index (χ1v) is 5.25. The van der Waals surface area contributed by atoms with E-state index in [-0.39, 0.29) is 11.5 Å². The Labute approximate surface area is 99.3 Å². The summed E-state index contributed by atoms with van der Waals surface area (Å²) < 4.78 is 18.2. The van der Waals surface area contributed by atoms with Crippen LogP contribution in [0.3, 0.4) is 0 Å². The van der Waals surface area contributed by atoms with E-state index >= 15 is 0 Å². The number of halogens is 1. The number of rotatable bonds is 2. The van der Waals surface area contributed by atoms with E-state index in [0.717, 1.165) is 16.7 Å². The van der Waals surface area contributed by atoms with Crippen molar-refractivity contribution in [3.05, 3.63) is 47.8 Å². The lowest BCUT2D eigenvalue weighted by Crippen LogP contribution is -1.89. The summed E-state index contributed by atoms with van der Waals surface area (Å²) in [7, 11) is 1.43. The third kappa shape index (κ3) is 2.38. The van der Waals surface area contributed by atoms with Crippen LogP contribution in [0, 0.1) is 12.7 Å². The summed E-state index contributed by atoms with van der Waals surface area (Å²) in [5.41, 5.74) is 2.59. The number of phenolic OH excluding ortho intramolecular Hbond substituents is 1. The van der Waals surface area contributed by atoms with E-state index < -0.39 is 5.82 Å². The Balaban J connectivity index is 2.52. The van der Waals surface area contributed by atoms with Crippen LogP contribution in [-0.2, 0) is 0 Å². The highest BCUT2D eigenvalue weighted by molar-refractivity contribution is 5.67. The molecular weight excluding hydrogens is 219 g/mol. The van der Waals surface area contributed by atoms with Crippen molar-refractivity contribution in [2.24, 2.45) is 0 Å². The van der Waals surface area contributed by atoms with E-state index in [1.165, 1.54) is 13.2 Å². The van der Waals surface area contributed by atoms with E-state index in [1.807, 2.05) is 13.0 Å². The molecule has 88 valence electrons. The van der Waals surface area contributed by atoms with Gasteiger partial charge in [0.05, 0.1) is 7.11 Å². The van der Waals surface area contributed by atoms with Crippen molar-refractivity contribution in [1.82, 2.24) is 0 Å². The standard InChI is InChI=1S/C14H13FO2/c1-9-5-11(7-12(16)6-9)10-3-4-13(15)14(8-10)17-2/h3-8,16H,1-2H3. The van der Waals surface area contributed by atoms with Crippen LogP contribution in [0.25, 0.3) is 11.1 Å². The van der Waals surface area contributed by atoms with Gasteiger partial charge in [0.15, 0.2) is 11.6 Å². The highest BCUT2D eigenvalue weighted by atomic mass is 19.1. The predicted molar refractivity (Wildman–Crippen MR) is 64.8 cm³/mol. The Kier molecular flexibility index (Phi) is 3.00. The van der Waals surface area contributed by atoms with Crippen LogP contribution in [0.4, 0.5) is 4.39 Å². The minimum atomic E-state index is -0.395. The highest BCUT2D eigenvalue weighted by Crippen LogP contribution is 2.29. The molecule has 3 heteroatoms. The third-order valence-electron chi connectivity index (χ3n) is 2.55. The number of hydrogen-bond donors (Lipinski definition) is 1. The van der Waals surface area contributed by atoms with Gasteiger partial charge in [-0.1, -0.05) is 12.1 Å². The molecule has 0 heterocycles. The van der Waals surface area contributed by atoms with Gasteiger partial charge in [0.2, 0.25) is 0 Å². The van der Waals surface area contributed by atoms with Crippen molar-refractivity contribution in [1.29, 1.82) is 0 Å². The quantitative estimate of drug-likeness (QED) is 0.858. The SMILES string of the molecule is COc1cc(-c2cc(C)cc(O)c2)ccc1F. The predicted octanol–water partition coefficient (Wildman–Crippen LogP) is 3.52. The van der Waals surface area contributed by atoms with Crippen molar-refractivity contribution in [3.63, 3.8) is 0 Å². The summed E-state index contributed by atoms with van der Waals surface area (Å²) in [4.78, 5) is 0. The maximum absolute atomic E-state index is 13.3. The molecular formula is C14H13FO2. The van der Waals surface area contributed by atoms with Gasteiger partial charge in [-0.2, -0.15) is 0 Å². The van der Waals surface area contributed by atoms with E-state index in [0.29, 0.717) is 0 Å². The van der Waals surface area contributed by atoms with Gasteiger partial charge in [0.25, 0.3) is 0 Å². The van der Waals surface area contributed by atoms with Gasteiger partial charge in [-0.05, 0) is 47.9 Å². The van der Waals surface area contributed by atoms with E-state index in [9.17, 15) is 9.50 Å². The second-order valence-electron chi connectivity index (χ2n) is 3.91. The van der Waals surface area contributed by atoms with Crippen LogP contribution in [0.1, 0.15) is 5.56 Å². The lowest BCUT2D eigenvalue weighted by atomic mass is 10.0. The third-order valence-corrected chi connectivity index (χ3v) is 2.55. The van der Waals surface area contributed by atoms with Crippen molar-refractivity contribution < 1.29 is 14.2 Å². The zero-order valence-corrected chi connectivity index (χ0v) is 9.70. The second-order valence-corrected chi connectivity index (χ2v) is 3.91. The van der Waals surface area contributed by atoms with E-state index in [4.69, 9.17) is 4.74 Å². The molecule has 2 aromatic carbocycles. The molecule has 0 aromatic heterocycles. The molecule has 0 unspecified atom stereocenters. The Morgan fingerprint density at radius 1 is 1.06 bits per heavy atom. The number of aromatic hydroxyl groups is 1. The lowest BCUT2D eigenvalue weighted by molar-refractivity contribution is 0.387. The van der Waals surface area contributed by atoms with Gasteiger partial charge in [0.1, 0.15) is 5.75 Å². The molecule has 0 bridgehead atoms. The van der Waals surface area contributed by atoms with Crippen molar-refractivity contribution in [3.8, 4) is 22.6 Å². The van der Waals surface area contributed by atoms with Crippen LogP contribution in [0.2, 0.25) is 0 Å². The zero-order chi connectivity index (χ0) is 12.4. The zero-order valence-electron chi connectivity index (χ0n) is 9.70. The summed E-state index contributed by atoms with van der Waals surface area (Å²) in [5.74, 6) is -0.0000808. The second kappa shape index (κ2) is 4.45. The van der Waals surface area contributed by atoms with E-state index in [2.05, 4.69) is 0 Å². The first kappa shape index (κ1) is 11.5. The summed E-state index contributed by atoms with van der Waals surface area (Å²) in [5, 5.41) is 9.53. The molecule has 17 heavy (non-hydrogen) atoms. The van der Waals surface area contributed by atoms with Crippen LogP contribution in [0.5, 0.6) is 11.5 Å². The summed E-state index contributed by atoms with van der Waals surface area (Å²) in [6.45, 7) is 1.89.